The van der Waals surface area contributed by atoms with E-state index in [9.17, 15) is 9.59 Å². The van der Waals surface area contributed by atoms with Crippen molar-refractivity contribution in [2.24, 2.45) is 5.73 Å². The van der Waals surface area contributed by atoms with Crippen molar-refractivity contribution < 1.29 is 14.7 Å². The summed E-state index contributed by atoms with van der Waals surface area (Å²) in [6.07, 6.45) is 13.2. The van der Waals surface area contributed by atoms with E-state index < -0.39 is 12.0 Å². The van der Waals surface area contributed by atoms with E-state index >= 15 is 0 Å². The Hall–Kier alpha value is -3.61. The number of hydrogen-bond acceptors (Lipinski definition) is 4. The van der Waals surface area contributed by atoms with Gasteiger partial charge in [-0.05, 0) is 43.2 Å². The SMILES string of the molecule is C#C.C#Cc1cccc(-c2cc(C)cc(C(N)=O)n2)c1.CN1CC[C@H](O)C1=O. The molecule has 1 aromatic carbocycles. The van der Waals surface area contributed by atoms with Crippen molar-refractivity contribution >= 4 is 11.8 Å². The van der Waals surface area contributed by atoms with Crippen LogP contribution in [0.15, 0.2) is 36.4 Å². The fraction of sp³-hybridized carbons (Fsp3) is 0.227. The van der Waals surface area contributed by atoms with Crippen LogP contribution in [0.5, 0.6) is 0 Å². The van der Waals surface area contributed by atoms with E-state index in [0.717, 1.165) is 16.7 Å². The number of aromatic nitrogens is 1. The van der Waals surface area contributed by atoms with E-state index in [2.05, 4.69) is 23.8 Å². The number of likely N-dealkylation sites (N-methyl/N-ethyl adjacent to an activating group) is 1. The van der Waals surface area contributed by atoms with Crippen molar-refractivity contribution in [2.75, 3.05) is 13.6 Å². The number of hydrogen-bond donors (Lipinski definition) is 2. The second-order valence-corrected chi connectivity index (χ2v) is 6.07. The summed E-state index contributed by atoms with van der Waals surface area (Å²) in [5.41, 5.74) is 8.78. The predicted octanol–water partition coefficient (Wildman–Crippen LogP) is 1.60. The maximum atomic E-state index is 11.2. The number of benzene rings is 1. The van der Waals surface area contributed by atoms with Crippen LogP contribution < -0.4 is 5.73 Å². The van der Waals surface area contributed by atoms with Gasteiger partial charge < -0.3 is 15.7 Å². The summed E-state index contributed by atoms with van der Waals surface area (Å²) < 4.78 is 0. The number of aliphatic hydroxyl groups is 1. The van der Waals surface area contributed by atoms with Gasteiger partial charge in [0.05, 0.1) is 5.69 Å². The first-order valence-corrected chi connectivity index (χ1v) is 8.43. The largest absolute Gasteiger partial charge is 0.383 e. The molecule has 0 bridgehead atoms. The normalized spacial score (nSPS) is 14.8. The monoisotopic (exact) mass is 377 g/mol. The Labute approximate surface area is 165 Å². The molecule has 3 rings (SSSR count). The maximum absolute atomic E-state index is 11.2. The van der Waals surface area contributed by atoms with Crippen LogP contribution in [0.1, 0.15) is 28.0 Å². The number of carbonyl (C=O) groups excluding carboxylic acids is 2. The Morgan fingerprint density at radius 2 is 2.00 bits per heavy atom. The summed E-state index contributed by atoms with van der Waals surface area (Å²) in [7, 11) is 1.69. The van der Waals surface area contributed by atoms with Gasteiger partial charge >= 0.3 is 0 Å². The molecule has 1 atom stereocenters. The molecule has 1 saturated heterocycles. The highest BCUT2D eigenvalue weighted by Gasteiger charge is 2.25. The van der Waals surface area contributed by atoms with Gasteiger partial charge in [-0.1, -0.05) is 18.1 Å². The minimum atomic E-state index is -0.722. The standard InChI is InChI=1S/C15H12N2O.C5H9NO2.C2H2/c1-3-11-5-4-6-12(9-11)13-7-10(2)8-14(17-13)15(16)18;1-6-3-2-4(7)5(6)8;1-2/h1,4-9H,2H3,(H2,16,18);4,7H,2-3H2,1H3;1-2H/t;4-;/m.0./s1. The van der Waals surface area contributed by atoms with Gasteiger partial charge in [0.2, 0.25) is 0 Å². The first-order valence-electron chi connectivity index (χ1n) is 8.43. The number of pyridine rings is 1. The third-order valence-corrected chi connectivity index (χ3v) is 3.95. The lowest BCUT2D eigenvalue weighted by molar-refractivity contribution is -0.133. The van der Waals surface area contributed by atoms with Gasteiger partial charge in [0.15, 0.2) is 0 Å². The molecule has 2 amide bonds. The number of terminal acetylenes is 2. The number of likely N-dealkylation sites (tertiary alicyclic amines) is 1. The van der Waals surface area contributed by atoms with E-state index in [-0.39, 0.29) is 11.6 Å². The lowest BCUT2D eigenvalue weighted by Crippen LogP contribution is -2.24. The summed E-state index contributed by atoms with van der Waals surface area (Å²) >= 11 is 0. The molecule has 1 fully saturated rings. The maximum Gasteiger partial charge on any atom is 0.267 e. The average molecular weight is 377 g/mol. The molecular weight excluding hydrogens is 354 g/mol. The number of carbonyl (C=O) groups is 2. The zero-order valence-corrected chi connectivity index (χ0v) is 15.9. The molecular formula is C22H23N3O3. The highest BCUT2D eigenvalue weighted by molar-refractivity contribution is 5.91. The molecule has 6 heteroatoms. The van der Waals surface area contributed by atoms with Crippen molar-refractivity contribution in [3.05, 3.63) is 53.2 Å². The van der Waals surface area contributed by atoms with Crippen LogP contribution >= 0.6 is 0 Å². The topological polar surface area (TPSA) is 96.5 Å². The molecule has 1 aliphatic heterocycles. The fourth-order valence-electron chi connectivity index (χ4n) is 2.51. The number of amides is 2. The third kappa shape index (κ3) is 5.98. The Bertz CT molecular complexity index is 901. The molecule has 3 N–H and O–H groups in total. The summed E-state index contributed by atoms with van der Waals surface area (Å²) in [6, 6.07) is 11.0. The summed E-state index contributed by atoms with van der Waals surface area (Å²) in [6.45, 7) is 2.59. The molecule has 1 aliphatic rings. The zero-order valence-electron chi connectivity index (χ0n) is 15.9. The zero-order chi connectivity index (χ0) is 21.3. The number of nitrogens with two attached hydrogens (primary N) is 1. The average Bonchev–Trinajstić information content (AvgIpc) is 3.00. The van der Waals surface area contributed by atoms with E-state index in [1.165, 1.54) is 4.90 Å². The summed E-state index contributed by atoms with van der Waals surface area (Å²) in [5, 5.41) is 8.78. The highest BCUT2D eigenvalue weighted by Crippen LogP contribution is 2.20. The summed E-state index contributed by atoms with van der Waals surface area (Å²) in [5.74, 6) is 1.89. The van der Waals surface area contributed by atoms with E-state index in [1.54, 1.807) is 13.1 Å². The van der Waals surface area contributed by atoms with E-state index in [0.29, 0.717) is 18.7 Å². The van der Waals surface area contributed by atoms with Crippen LogP contribution in [-0.4, -0.2) is 46.5 Å². The second kappa shape index (κ2) is 10.5. The molecule has 0 saturated carbocycles. The van der Waals surface area contributed by atoms with Crippen molar-refractivity contribution in [2.45, 2.75) is 19.4 Å². The van der Waals surface area contributed by atoms with Crippen molar-refractivity contribution in [1.29, 1.82) is 0 Å². The molecule has 28 heavy (non-hydrogen) atoms. The van der Waals surface area contributed by atoms with Gasteiger partial charge in [0.1, 0.15) is 11.8 Å². The molecule has 144 valence electrons. The Morgan fingerprint density at radius 3 is 2.46 bits per heavy atom. The minimum Gasteiger partial charge on any atom is -0.383 e. The lowest BCUT2D eigenvalue weighted by Gasteiger charge is -2.05. The van der Waals surface area contributed by atoms with Gasteiger partial charge in [0, 0.05) is 24.7 Å². The number of aliphatic hydroxyl groups excluding tert-OH is 1. The molecule has 2 aromatic rings. The highest BCUT2D eigenvalue weighted by atomic mass is 16.3. The first kappa shape index (κ1) is 22.4. The van der Waals surface area contributed by atoms with Crippen LogP contribution in [0.25, 0.3) is 11.3 Å². The minimum absolute atomic E-state index is 0.148. The van der Waals surface area contributed by atoms with Crippen molar-refractivity contribution in [1.82, 2.24) is 9.88 Å². The number of aryl methyl sites for hydroxylation is 1. The van der Waals surface area contributed by atoms with Crippen molar-refractivity contribution in [3.63, 3.8) is 0 Å². The number of primary amides is 1. The fourth-order valence-corrected chi connectivity index (χ4v) is 2.51. The lowest BCUT2D eigenvalue weighted by atomic mass is 10.1. The van der Waals surface area contributed by atoms with Crippen LogP contribution in [0.4, 0.5) is 0 Å². The molecule has 2 heterocycles. The smallest absolute Gasteiger partial charge is 0.267 e. The van der Waals surface area contributed by atoms with Crippen LogP contribution in [-0.2, 0) is 4.79 Å². The number of nitrogens with zero attached hydrogens (tertiary/aromatic N) is 2. The van der Waals surface area contributed by atoms with Gasteiger partial charge in [0.25, 0.3) is 11.8 Å². The van der Waals surface area contributed by atoms with E-state index in [1.807, 2.05) is 37.3 Å². The van der Waals surface area contributed by atoms with Crippen LogP contribution in [0.2, 0.25) is 0 Å². The Kier molecular flexibility index (Phi) is 8.43. The molecule has 1 aromatic heterocycles. The van der Waals surface area contributed by atoms with Gasteiger partial charge in [-0.2, -0.15) is 0 Å². The quantitative estimate of drug-likeness (QED) is 0.777. The van der Waals surface area contributed by atoms with Crippen molar-refractivity contribution in [3.8, 4) is 36.4 Å². The van der Waals surface area contributed by atoms with E-state index in [4.69, 9.17) is 17.3 Å². The molecule has 0 aliphatic carbocycles. The van der Waals surface area contributed by atoms with Crippen LogP contribution in [0.3, 0.4) is 0 Å². The van der Waals surface area contributed by atoms with Gasteiger partial charge in [-0.3, -0.25) is 9.59 Å². The van der Waals surface area contributed by atoms with Gasteiger partial charge in [-0.25, -0.2) is 4.98 Å². The molecule has 0 spiro atoms. The van der Waals surface area contributed by atoms with Crippen LogP contribution in [0, 0.1) is 32.1 Å². The van der Waals surface area contributed by atoms with Gasteiger partial charge in [-0.15, -0.1) is 19.3 Å². The molecule has 6 nitrogen and oxygen atoms in total. The predicted molar refractivity (Wildman–Crippen MR) is 109 cm³/mol. The first-order chi connectivity index (χ1) is 13.3. The Morgan fingerprint density at radius 1 is 1.32 bits per heavy atom. The molecule has 0 unspecified atom stereocenters. The summed E-state index contributed by atoms with van der Waals surface area (Å²) in [4.78, 5) is 27.5. The Balaban J connectivity index is 0.000000327. The molecule has 0 radical (unpaired) electrons. The number of rotatable bonds is 2. The third-order valence-electron chi connectivity index (χ3n) is 3.95. The second-order valence-electron chi connectivity index (χ2n) is 6.07.